The summed E-state index contributed by atoms with van der Waals surface area (Å²) in [6.07, 6.45) is -7.02. The molecule has 0 bridgehead atoms. The Kier molecular flexibility index (Phi) is 5.48. The second-order valence-electron chi connectivity index (χ2n) is 4.52. The SMILES string of the molecule is COc1ccc(Cl)cc1NC(=O)C(F)(F)C(F)(F)C(F)(F)C(F)(F)F. The number of halogens is 10. The minimum absolute atomic E-state index is 0.202. The van der Waals surface area contributed by atoms with Gasteiger partial charge in [-0.05, 0) is 18.2 Å². The van der Waals surface area contributed by atoms with Gasteiger partial charge in [0.25, 0.3) is 0 Å². The third kappa shape index (κ3) is 3.58. The summed E-state index contributed by atoms with van der Waals surface area (Å²) in [4.78, 5) is 11.3. The maximum atomic E-state index is 13.4. The first kappa shape index (κ1) is 21.2. The summed E-state index contributed by atoms with van der Waals surface area (Å²) in [5.41, 5.74) is -0.745. The molecule has 0 saturated heterocycles. The van der Waals surface area contributed by atoms with E-state index < -0.39 is 35.5 Å². The molecule has 0 saturated carbocycles. The van der Waals surface area contributed by atoms with E-state index in [0.717, 1.165) is 30.6 Å². The zero-order valence-corrected chi connectivity index (χ0v) is 12.6. The van der Waals surface area contributed by atoms with E-state index in [1.54, 1.807) is 0 Å². The van der Waals surface area contributed by atoms with Crippen molar-refractivity contribution in [3.05, 3.63) is 23.2 Å². The fourth-order valence-corrected chi connectivity index (χ4v) is 1.67. The molecule has 0 atom stereocenters. The van der Waals surface area contributed by atoms with Gasteiger partial charge in [-0.1, -0.05) is 11.6 Å². The fourth-order valence-electron chi connectivity index (χ4n) is 1.50. The van der Waals surface area contributed by atoms with Gasteiger partial charge in [-0.2, -0.15) is 39.5 Å². The number of nitrogens with one attached hydrogen (secondary N) is 1. The van der Waals surface area contributed by atoms with Gasteiger partial charge < -0.3 is 10.1 Å². The van der Waals surface area contributed by atoms with Crippen LogP contribution in [-0.2, 0) is 4.79 Å². The van der Waals surface area contributed by atoms with E-state index in [4.69, 9.17) is 11.6 Å². The predicted octanol–water partition coefficient (Wildman–Crippen LogP) is 4.76. The molecule has 0 spiro atoms. The van der Waals surface area contributed by atoms with E-state index in [1.165, 1.54) is 0 Å². The van der Waals surface area contributed by atoms with Gasteiger partial charge in [0.1, 0.15) is 5.75 Å². The van der Waals surface area contributed by atoms with Gasteiger partial charge in [0.2, 0.25) is 0 Å². The maximum Gasteiger partial charge on any atom is 0.460 e. The molecule has 1 aromatic carbocycles. The molecule has 1 amide bonds. The number of amides is 1. The van der Waals surface area contributed by atoms with Crippen LogP contribution in [0, 0.1) is 0 Å². The topological polar surface area (TPSA) is 38.3 Å². The van der Waals surface area contributed by atoms with E-state index in [0.29, 0.717) is 0 Å². The molecule has 1 N–H and O–H groups in total. The van der Waals surface area contributed by atoms with Crippen molar-refractivity contribution in [3.63, 3.8) is 0 Å². The monoisotopic (exact) mass is 403 g/mol. The highest BCUT2D eigenvalue weighted by Gasteiger charge is 2.83. The highest BCUT2D eigenvalue weighted by Crippen LogP contribution is 2.53. The van der Waals surface area contributed by atoms with Gasteiger partial charge >= 0.3 is 29.9 Å². The molecule has 1 rings (SSSR count). The van der Waals surface area contributed by atoms with Crippen LogP contribution >= 0.6 is 11.6 Å². The highest BCUT2D eigenvalue weighted by molar-refractivity contribution is 6.31. The maximum absolute atomic E-state index is 13.4. The van der Waals surface area contributed by atoms with Crippen LogP contribution < -0.4 is 10.1 Å². The number of alkyl halides is 9. The van der Waals surface area contributed by atoms with Crippen LogP contribution in [0.3, 0.4) is 0 Å². The van der Waals surface area contributed by atoms with Crippen LogP contribution in [0.2, 0.25) is 5.02 Å². The van der Waals surface area contributed by atoms with Crippen molar-refractivity contribution in [3.8, 4) is 5.75 Å². The second kappa shape index (κ2) is 6.46. The van der Waals surface area contributed by atoms with Crippen molar-refractivity contribution < 1.29 is 49.0 Å². The molecular formula is C12H7ClF9NO2. The van der Waals surface area contributed by atoms with Crippen LogP contribution in [-0.4, -0.2) is 37.0 Å². The quantitative estimate of drug-likeness (QED) is 0.720. The van der Waals surface area contributed by atoms with Crippen LogP contribution in [0.1, 0.15) is 0 Å². The summed E-state index contributed by atoms with van der Waals surface area (Å²) >= 11 is 5.48. The Bertz CT molecular complexity index is 660. The van der Waals surface area contributed by atoms with Gasteiger partial charge in [0, 0.05) is 5.02 Å². The number of carbonyl (C=O) groups is 1. The average Bonchev–Trinajstić information content (AvgIpc) is 2.45. The number of hydrogen-bond acceptors (Lipinski definition) is 2. The summed E-state index contributed by atoms with van der Waals surface area (Å²) in [6.45, 7) is 0. The number of ether oxygens (including phenoxy) is 1. The molecule has 0 unspecified atom stereocenters. The first-order valence-electron chi connectivity index (χ1n) is 5.94. The number of anilines is 1. The van der Waals surface area contributed by atoms with Gasteiger partial charge in [-0.15, -0.1) is 0 Å². The standard InChI is InChI=1S/C12H7ClF9NO2/c1-25-7-3-2-5(13)4-6(7)23-8(24)9(14,15)10(16,17)11(18,19)12(20,21)22/h2-4H,1H3,(H,23,24). The van der Waals surface area contributed by atoms with E-state index in [1.807, 2.05) is 0 Å². The van der Waals surface area contributed by atoms with Crippen molar-refractivity contribution in [2.45, 2.75) is 23.9 Å². The van der Waals surface area contributed by atoms with E-state index in [2.05, 4.69) is 4.74 Å². The molecule has 0 aliphatic rings. The third-order valence-corrected chi connectivity index (χ3v) is 3.07. The average molecular weight is 404 g/mol. The number of rotatable bonds is 5. The zero-order chi connectivity index (χ0) is 19.8. The van der Waals surface area contributed by atoms with Crippen LogP contribution in [0.5, 0.6) is 5.75 Å². The van der Waals surface area contributed by atoms with Gasteiger partial charge in [0.15, 0.2) is 0 Å². The number of benzene rings is 1. The Labute approximate surface area is 138 Å². The largest absolute Gasteiger partial charge is 0.495 e. The molecule has 0 aromatic heterocycles. The van der Waals surface area contributed by atoms with E-state index in [-0.39, 0.29) is 10.8 Å². The first-order valence-corrected chi connectivity index (χ1v) is 6.32. The molecule has 13 heteroatoms. The Morgan fingerprint density at radius 1 is 1.00 bits per heavy atom. The fraction of sp³-hybridized carbons (Fsp3) is 0.417. The molecule has 0 fully saturated rings. The molecule has 0 heterocycles. The number of carbonyl (C=O) groups excluding carboxylic acids is 1. The molecule has 142 valence electrons. The molecular weight excluding hydrogens is 397 g/mol. The molecule has 1 aromatic rings. The molecule has 25 heavy (non-hydrogen) atoms. The lowest BCUT2D eigenvalue weighted by Gasteiger charge is -2.32. The summed E-state index contributed by atoms with van der Waals surface area (Å²) in [7, 11) is 0.976. The number of hydrogen-bond donors (Lipinski definition) is 1. The lowest BCUT2D eigenvalue weighted by Crippen LogP contribution is -2.64. The van der Waals surface area contributed by atoms with Gasteiger partial charge in [0.05, 0.1) is 12.8 Å². The van der Waals surface area contributed by atoms with E-state index in [9.17, 15) is 44.3 Å². The van der Waals surface area contributed by atoms with Crippen molar-refractivity contribution >= 4 is 23.2 Å². The van der Waals surface area contributed by atoms with Crippen molar-refractivity contribution in [2.75, 3.05) is 12.4 Å². The Hall–Kier alpha value is -1.85. The third-order valence-electron chi connectivity index (χ3n) is 2.84. The minimum Gasteiger partial charge on any atom is -0.495 e. The van der Waals surface area contributed by atoms with Crippen molar-refractivity contribution in [1.82, 2.24) is 0 Å². The van der Waals surface area contributed by atoms with E-state index >= 15 is 0 Å². The molecule has 0 radical (unpaired) electrons. The lowest BCUT2D eigenvalue weighted by molar-refractivity contribution is -0.388. The summed E-state index contributed by atoms with van der Waals surface area (Å²) in [5.74, 6) is -24.1. The highest BCUT2D eigenvalue weighted by atomic mass is 35.5. The predicted molar refractivity (Wildman–Crippen MR) is 67.5 cm³/mol. The molecule has 0 aliphatic heterocycles. The summed E-state index contributed by atoms with van der Waals surface area (Å²) in [6, 6.07) is 2.87. The Morgan fingerprint density at radius 2 is 1.52 bits per heavy atom. The summed E-state index contributed by atoms with van der Waals surface area (Å²) < 4.78 is 119. The molecule has 3 nitrogen and oxygen atoms in total. The minimum atomic E-state index is -7.17. The van der Waals surface area contributed by atoms with Gasteiger partial charge in [-0.3, -0.25) is 4.79 Å². The van der Waals surface area contributed by atoms with Crippen molar-refractivity contribution in [1.29, 1.82) is 0 Å². The Balaban J connectivity index is 3.26. The normalized spacial score (nSPS) is 13.6. The lowest BCUT2D eigenvalue weighted by atomic mass is 10.0. The zero-order valence-electron chi connectivity index (χ0n) is 11.8. The Morgan fingerprint density at radius 3 is 1.96 bits per heavy atom. The smallest absolute Gasteiger partial charge is 0.460 e. The van der Waals surface area contributed by atoms with Crippen LogP contribution in [0.25, 0.3) is 0 Å². The second-order valence-corrected chi connectivity index (χ2v) is 4.96. The number of methoxy groups -OCH3 is 1. The van der Waals surface area contributed by atoms with Gasteiger partial charge in [-0.25, -0.2) is 0 Å². The van der Waals surface area contributed by atoms with Crippen LogP contribution in [0.15, 0.2) is 18.2 Å². The molecule has 0 aliphatic carbocycles. The van der Waals surface area contributed by atoms with Crippen molar-refractivity contribution in [2.24, 2.45) is 0 Å². The first-order chi connectivity index (χ1) is 11.1. The van der Waals surface area contributed by atoms with Crippen LogP contribution in [0.4, 0.5) is 45.2 Å². The summed E-state index contributed by atoms with van der Waals surface area (Å²) in [5, 5.41) is 0.891.